The summed E-state index contributed by atoms with van der Waals surface area (Å²) in [4.78, 5) is 2.50. The predicted molar refractivity (Wildman–Crippen MR) is 77.8 cm³/mol. The minimum Gasteiger partial charge on any atom is -0.369 e. The maximum atomic E-state index is 3.53. The summed E-state index contributed by atoms with van der Waals surface area (Å²) in [6.45, 7) is 6.75. The number of benzene rings is 1. The first-order valence-corrected chi connectivity index (χ1v) is 7.03. The van der Waals surface area contributed by atoms with Gasteiger partial charge in [-0.2, -0.15) is 0 Å². The van der Waals surface area contributed by atoms with Gasteiger partial charge in [0.15, 0.2) is 0 Å². The molecule has 1 heterocycles. The highest BCUT2D eigenvalue weighted by Crippen LogP contribution is 2.29. The van der Waals surface area contributed by atoms with Crippen LogP contribution in [0.5, 0.6) is 0 Å². The summed E-state index contributed by atoms with van der Waals surface area (Å²) >= 11 is 3.53. The Labute approximate surface area is 113 Å². The first kappa shape index (κ1) is 12.9. The van der Waals surface area contributed by atoms with Gasteiger partial charge in [0, 0.05) is 28.8 Å². The third kappa shape index (κ3) is 2.83. The molecule has 0 bridgehead atoms. The minimum absolute atomic E-state index is 0.248. The molecule has 3 heteroatoms. The van der Waals surface area contributed by atoms with Crippen molar-refractivity contribution in [1.29, 1.82) is 0 Å². The van der Waals surface area contributed by atoms with E-state index in [1.165, 1.54) is 30.6 Å². The number of nitrogens with one attached hydrogen (secondary N) is 1. The monoisotopic (exact) mass is 296 g/mol. The second-order valence-corrected chi connectivity index (χ2v) is 6.18. The van der Waals surface area contributed by atoms with Crippen molar-refractivity contribution >= 4 is 21.6 Å². The van der Waals surface area contributed by atoms with Crippen molar-refractivity contribution in [3.63, 3.8) is 0 Å². The molecule has 1 aliphatic heterocycles. The van der Waals surface area contributed by atoms with Gasteiger partial charge in [-0.1, -0.05) is 15.9 Å². The zero-order chi connectivity index (χ0) is 12.5. The van der Waals surface area contributed by atoms with E-state index in [0.717, 1.165) is 11.0 Å². The van der Waals surface area contributed by atoms with Gasteiger partial charge in [0.25, 0.3) is 0 Å². The molecule has 1 N–H and O–H groups in total. The summed E-state index contributed by atoms with van der Waals surface area (Å²) in [5, 5.41) is 3.46. The number of piperidine rings is 1. The van der Waals surface area contributed by atoms with E-state index >= 15 is 0 Å². The Bertz CT molecular complexity index is 405. The van der Waals surface area contributed by atoms with E-state index in [0.29, 0.717) is 0 Å². The highest BCUT2D eigenvalue weighted by molar-refractivity contribution is 9.10. The van der Waals surface area contributed by atoms with E-state index in [1.54, 1.807) is 0 Å². The van der Waals surface area contributed by atoms with E-state index in [-0.39, 0.29) is 5.54 Å². The largest absolute Gasteiger partial charge is 0.369 e. The van der Waals surface area contributed by atoms with E-state index in [2.05, 4.69) is 65.2 Å². The van der Waals surface area contributed by atoms with Crippen molar-refractivity contribution in [3.8, 4) is 0 Å². The van der Waals surface area contributed by atoms with Crippen molar-refractivity contribution in [2.24, 2.45) is 0 Å². The van der Waals surface area contributed by atoms with Gasteiger partial charge >= 0.3 is 0 Å². The summed E-state index contributed by atoms with van der Waals surface area (Å²) < 4.78 is 1.16. The molecule has 0 spiro atoms. The zero-order valence-electron chi connectivity index (χ0n) is 10.9. The zero-order valence-corrected chi connectivity index (χ0v) is 12.5. The molecule has 0 aromatic heterocycles. The van der Waals surface area contributed by atoms with E-state index in [4.69, 9.17) is 0 Å². The fourth-order valence-corrected chi connectivity index (χ4v) is 3.10. The second kappa shape index (κ2) is 4.99. The number of anilines is 1. The lowest BCUT2D eigenvalue weighted by atomic mass is 9.90. The lowest BCUT2D eigenvalue weighted by Crippen LogP contribution is -2.54. The fraction of sp³-hybridized carbons (Fsp3) is 0.571. The molecule has 0 radical (unpaired) electrons. The summed E-state index contributed by atoms with van der Waals surface area (Å²) in [7, 11) is 2.07. The first-order chi connectivity index (χ1) is 8.04. The Balaban J connectivity index is 2.22. The maximum Gasteiger partial charge on any atom is 0.0397 e. The molecule has 1 fully saturated rings. The van der Waals surface area contributed by atoms with Crippen LogP contribution in [0.25, 0.3) is 0 Å². The van der Waals surface area contributed by atoms with Crippen LogP contribution in [-0.4, -0.2) is 25.7 Å². The summed E-state index contributed by atoms with van der Waals surface area (Å²) in [5.41, 5.74) is 2.96. The third-order valence-electron chi connectivity index (χ3n) is 3.80. The predicted octanol–water partition coefficient (Wildman–Crippen LogP) is 3.34. The Morgan fingerprint density at radius 2 is 2.18 bits per heavy atom. The van der Waals surface area contributed by atoms with E-state index in [1.807, 2.05) is 0 Å². The van der Waals surface area contributed by atoms with Gasteiger partial charge in [-0.3, -0.25) is 0 Å². The van der Waals surface area contributed by atoms with Crippen LogP contribution in [0.15, 0.2) is 22.7 Å². The van der Waals surface area contributed by atoms with Crippen molar-refractivity contribution in [2.45, 2.75) is 32.2 Å². The number of nitrogens with zero attached hydrogens (tertiary/aromatic N) is 1. The SMILES string of the molecule is CNC1(C)CCCN(c2ccc(Br)cc2C)C1. The van der Waals surface area contributed by atoms with Crippen LogP contribution >= 0.6 is 15.9 Å². The number of halogens is 1. The molecule has 1 atom stereocenters. The normalized spacial score (nSPS) is 25.1. The molecule has 0 amide bonds. The molecular formula is C14H21BrN2. The van der Waals surface area contributed by atoms with Crippen molar-refractivity contribution in [3.05, 3.63) is 28.2 Å². The number of hydrogen-bond acceptors (Lipinski definition) is 2. The van der Waals surface area contributed by atoms with Gasteiger partial charge in [-0.05, 0) is 57.5 Å². The molecule has 1 aromatic rings. The van der Waals surface area contributed by atoms with E-state index < -0.39 is 0 Å². The number of rotatable bonds is 2. The Kier molecular flexibility index (Phi) is 3.79. The molecule has 1 aliphatic rings. The Morgan fingerprint density at radius 1 is 1.41 bits per heavy atom. The first-order valence-electron chi connectivity index (χ1n) is 6.24. The molecule has 0 saturated carbocycles. The van der Waals surface area contributed by atoms with Crippen LogP contribution in [0.1, 0.15) is 25.3 Å². The number of hydrogen-bond donors (Lipinski definition) is 1. The van der Waals surface area contributed by atoms with Gasteiger partial charge < -0.3 is 10.2 Å². The van der Waals surface area contributed by atoms with Crippen molar-refractivity contribution in [2.75, 3.05) is 25.0 Å². The van der Waals surface area contributed by atoms with E-state index in [9.17, 15) is 0 Å². The lowest BCUT2D eigenvalue weighted by Gasteiger charge is -2.42. The molecule has 1 aromatic carbocycles. The Morgan fingerprint density at radius 3 is 2.82 bits per heavy atom. The summed E-state index contributed by atoms with van der Waals surface area (Å²) in [5.74, 6) is 0. The van der Waals surface area contributed by atoms with Crippen LogP contribution in [0.2, 0.25) is 0 Å². The number of likely N-dealkylation sites (N-methyl/N-ethyl adjacent to an activating group) is 1. The van der Waals surface area contributed by atoms with Crippen molar-refractivity contribution < 1.29 is 0 Å². The third-order valence-corrected chi connectivity index (χ3v) is 4.29. The highest BCUT2D eigenvalue weighted by atomic mass is 79.9. The van der Waals surface area contributed by atoms with Crippen molar-refractivity contribution in [1.82, 2.24) is 5.32 Å². The quantitative estimate of drug-likeness (QED) is 0.900. The van der Waals surface area contributed by atoms with Gasteiger partial charge in [0.05, 0.1) is 0 Å². The van der Waals surface area contributed by atoms with Crippen LogP contribution in [0.4, 0.5) is 5.69 Å². The van der Waals surface area contributed by atoms with Gasteiger partial charge in [-0.15, -0.1) is 0 Å². The average Bonchev–Trinajstić information content (AvgIpc) is 2.29. The fourth-order valence-electron chi connectivity index (χ4n) is 2.62. The van der Waals surface area contributed by atoms with Crippen LogP contribution in [-0.2, 0) is 0 Å². The second-order valence-electron chi connectivity index (χ2n) is 5.27. The molecule has 2 rings (SSSR count). The Hall–Kier alpha value is -0.540. The topological polar surface area (TPSA) is 15.3 Å². The maximum absolute atomic E-state index is 3.53. The smallest absolute Gasteiger partial charge is 0.0397 e. The molecule has 1 saturated heterocycles. The lowest BCUT2D eigenvalue weighted by molar-refractivity contribution is 0.316. The van der Waals surface area contributed by atoms with Crippen LogP contribution in [0, 0.1) is 6.92 Å². The molecule has 1 unspecified atom stereocenters. The highest BCUT2D eigenvalue weighted by Gasteiger charge is 2.29. The summed E-state index contributed by atoms with van der Waals surface area (Å²) in [6, 6.07) is 6.55. The van der Waals surface area contributed by atoms with Gasteiger partial charge in [-0.25, -0.2) is 0 Å². The molecule has 0 aliphatic carbocycles. The molecular weight excluding hydrogens is 276 g/mol. The average molecular weight is 297 g/mol. The number of aryl methyl sites for hydroxylation is 1. The van der Waals surface area contributed by atoms with Crippen LogP contribution in [0.3, 0.4) is 0 Å². The van der Waals surface area contributed by atoms with Gasteiger partial charge in [0.2, 0.25) is 0 Å². The standard InChI is InChI=1S/C14H21BrN2/c1-11-9-12(15)5-6-13(11)17-8-4-7-14(2,10-17)16-3/h5-6,9,16H,4,7-8,10H2,1-3H3. The minimum atomic E-state index is 0.248. The summed E-state index contributed by atoms with van der Waals surface area (Å²) in [6.07, 6.45) is 2.52. The molecule has 94 valence electrons. The van der Waals surface area contributed by atoms with Gasteiger partial charge in [0.1, 0.15) is 0 Å². The van der Waals surface area contributed by atoms with Crippen LogP contribution < -0.4 is 10.2 Å². The molecule has 17 heavy (non-hydrogen) atoms. The molecule has 2 nitrogen and oxygen atoms in total.